The Morgan fingerprint density at radius 2 is 1.79 bits per heavy atom. The standard InChI is InChI=1S/C29H21ClN2O6/c1-18-13-20(30)9-11-26(18)38-24-15-21(14-22(16-24)32(34)35)31-29(33)28-12-10-23(37-28)17-36-27-8-4-6-19-5-2-3-7-25(19)27/h2-16H,17H2,1H3,(H,31,33). The highest BCUT2D eigenvalue weighted by molar-refractivity contribution is 6.30. The number of benzene rings is 4. The molecule has 0 spiro atoms. The third kappa shape index (κ3) is 5.61. The third-order valence-corrected chi connectivity index (χ3v) is 5.96. The van der Waals surface area contributed by atoms with Gasteiger partial charge in [0, 0.05) is 22.5 Å². The van der Waals surface area contributed by atoms with Crippen molar-refractivity contribution in [1.29, 1.82) is 0 Å². The van der Waals surface area contributed by atoms with Crippen molar-refractivity contribution in [3.05, 3.63) is 123 Å². The zero-order valence-corrected chi connectivity index (χ0v) is 20.9. The predicted octanol–water partition coefficient (Wildman–Crippen LogP) is 7.93. The van der Waals surface area contributed by atoms with E-state index in [0.29, 0.717) is 22.3 Å². The molecule has 1 aromatic heterocycles. The molecule has 38 heavy (non-hydrogen) atoms. The van der Waals surface area contributed by atoms with Crippen LogP contribution < -0.4 is 14.8 Å². The molecule has 5 rings (SSSR count). The number of fused-ring (bicyclic) bond motifs is 1. The van der Waals surface area contributed by atoms with Crippen LogP contribution in [0.1, 0.15) is 21.9 Å². The van der Waals surface area contributed by atoms with Crippen LogP contribution in [0.4, 0.5) is 11.4 Å². The van der Waals surface area contributed by atoms with Gasteiger partial charge >= 0.3 is 0 Å². The topological polar surface area (TPSA) is 104 Å². The molecule has 0 aliphatic heterocycles. The SMILES string of the molecule is Cc1cc(Cl)ccc1Oc1cc(NC(=O)c2ccc(COc3cccc4ccccc34)o2)cc([N+](=O)[O-])c1. The van der Waals surface area contributed by atoms with E-state index in [-0.39, 0.29) is 29.5 Å². The number of nitrogens with zero attached hydrogens (tertiary/aromatic N) is 1. The number of ether oxygens (including phenoxy) is 2. The van der Waals surface area contributed by atoms with Crippen LogP contribution in [-0.4, -0.2) is 10.8 Å². The molecule has 0 unspecified atom stereocenters. The first kappa shape index (κ1) is 24.9. The maximum absolute atomic E-state index is 12.8. The van der Waals surface area contributed by atoms with Crippen molar-refractivity contribution < 1.29 is 23.6 Å². The molecule has 0 aliphatic rings. The fraction of sp³-hybridized carbons (Fsp3) is 0.0690. The van der Waals surface area contributed by atoms with Gasteiger partial charge in [0.25, 0.3) is 11.6 Å². The largest absolute Gasteiger partial charge is 0.485 e. The number of nitro groups is 1. The summed E-state index contributed by atoms with van der Waals surface area (Å²) in [4.78, 5) is 23.8. The molecule has 0 aliphatic carbocycles. The van der Waals surface area contributed by atoms with Crippen molar-refractivity contribution in [3.8, 4) is 17.2 Å². The highest BCUT2D eigenvalue weighted by Gasteiger charge is 2.17. The predicted molar refractivity (Wildman–Crippen MR) is 144 cm³/mol. The summed E-state index contributed by atoms with van der Waals surface area (Å²) in [6.45, 7) is 1.93. The van der Waals surface area contributed by atoms with Crippen LogP contribution in [0.25, 0.3) is 10.8 Å². The van der Waals surface area contributed by atoms with Crippen molar-refractivity contribution in [2.75, 3.05) is 5.32 Å². The molecular weight excluding hydrogens is 508 g/mol. The molecule has 1 heterocycles. The molecule has 4 aromatic carbocycles. The lowest BCUT2D eigenvalue weighted by molar-refractivity contribution is -0.384. The second kappa shape index (κ2) is 10.7. The Hall–Kier alpha value is -4.82. The van der Waals surface area contributed by atoms with Crippen molar-refractivity contribution in [2.24, 2.45) is 0 Å². The Kier molecular flexibility index (Phi) is 6.97. The lowest BCUT2D eigenvalue weighted by atomic mass is 10.1. The van der Waals surface area contributed by atoms with Gasteiger partial charge in [-0.2, -0.15) is 0 Å². The van der Waals surface area contributed by atoms with Crippen LogP contribution in [0.15, 0.2) is 95.4 Å². The summed E-state index contributed by atoms with van der Waals surface area (Å²) in [5, 5.41) is 16.7. The van der Waals surface area contributed by atoms with Gasteiger partial charge in [-0.3, -0.25) is 14.9 Å². The van der Waals surface area contributed by atoms with E-state index in [0.717, 1.165) is 16.3 Å². The van der Waals surface area contributed by atoms with Gasteiger partial charge in [0.2, 0.25) is 0 Å². The van der Waals surface area contributed by atoms with E-state index in [1.165, 1.54) is 24.3 Å². The second-order valence-corrected chi connectivity index (χ2v) is 8.91. The normalized spacial score (nSPS) is 10.8. The molecule has 0 atom stereocenters. The summed E-state index contributed by atoms with van der Waals surface area (Å²) >= 11 is 5.99. The molecule has 0 fully saturated rings. The van der Waals surface area contributed by atoms with E-state index in [1.807, 2.05) is 42.5 Å². The van der Waals surface area contributed by atoms with Crippen LogP contribution in [0.5, 0.6) is 17.2 Å². The average Bonchev–Trinajstić information content (AvgIpc) is 3.38. The Morgan fingerprint density at radius 3 is 2.61 bits per heavy atom. The molecule has 9 heteroatoms. The van der Waals surface area contributed by atoms with Crippen LogP contribution in [0, 0.1) is 17.0 Å². The van der Waals surface area contributed by atoms with E-state index < -0.39 is 10.8 Å². The molecule has 5 aromatic rings. The number of carbonyl (C=O) groups excluding carboxylic acids is 1. The van der Waals surface area contributed by atoms with Gasteiger partial charge in [0.15, 0.2) is 5.76 Å². The highest BCUT2D eigenvalue weighted by atomic mass is 35.5. The number of nitrogens with one attached hydrogen (secondary N) is 1. The van der Waals surface area contributed by atoms with Gasteiger partial charge < -0.3 is 19.2 Å². The number of nitro benzene ring substituents is 1. The molecule has 0 bridgehead atoms. The first-order valence-corrected chi connectivity index (χ1v) is 12.0. The van der Waals surface area contributed by atoms with E-state index >= 15 is 0 Å². The van der Waals surface area contributed by atoms with Gasteiger partial charge in [0.05, 0.1) is 16.7 Å². The highest BCUT2D eigenvalue weighted by Crippen LogP contribution is 2.32. The minimum atomic E-state index is -0.574. The number of halogens is 1. The minimum Gasteiger partial charge on any atom is -0.485 e. The third-order valence-electron chi connectivity index (χ3n) is 5.73. The molecule has 1 amide bonds. The van der Waals surface area contributed by atoms with Crippen molar-refractivity contribution in [1.82, 2.24) is 0 Å². The molecule has 0 saturated heterocycles. The van der Waals surface area contributed by atoms with Crippen LogP contribution >= 0.6 is 11.6 Å². The molecular formula is C29H21ClN2O6. The first-order valence-electron chi connectivity index (χ1n) is 11.6. The summed E-state index contributed by atoms with van der Waals surface area (Å²) < 4.78 is 17.4. The smallest absolute Gasteiger partial charge is 0.291 e. The fourth-order valence-electron chi connectivity index (χ4n) is 3.91. The van der Waals surface area contributed by atoms with E-state index in [2.05, 4.69) is 5.32 Å². The number of carbonyl (C=O) groups is 1. The number of hydrogen-bond donors (Lipinski definition) is 1. The zero-order valence-electron chi connectivity index (χ0n) is 20.1. The number of hydrogen-bond acceptors (Lipinski definition) is 6. The van der Waals surface area contributed by atoms with Gasteiger partial charge in [-0.15, -0.1) is 0 Å². The van der Waals surface area contributed by atoms with E-state index in [4.69, 9.17) is 25.5 Å². The summed E-state index contributed by atoms with van der Waals surface area (Å²) in [5.41, 5.74) is 0.687. The van der Waals surface area contributed by atoms with Gasteiger partial charge in [0.1, 0.15) is 29.6 Å². The molecule has 190 valence electrons. The van der Waals surface area contributed by atoms with Gasteiger partial charge in [-0.05, 0) is 54.3 Å². The maximum atomic E-state index is 12.8. The Labute approximate surface area is 222 Å². The van der Waals surface area contributed by atoms with Gasteiger partial charge in [-0.1, -0.05) is 48.0 Å². The Morgan fingerprint density at radius 1 is 0.974 bits per heavy atom. The van der Waals surface area contributed by atoms with E-state index in [1.54, 1.807) is 31.2 Å². The number of non-ortho nitro benzene ring substituents is 1. The van der Waals surface area contributed by atoms with Gasteiger partial charge in [-0.25, -0.2) is 0 Å². The number of amides is 1. The lowest BCUT2D eigenvalue weighted by Gasteiger charge is -2.11. The minimum absolute atomic E-state index is 0.0315. The summed E-state index contributed by atoms with van der Waals surface area (Å²) in [5.74, 6) is 1.27. The van der Waals surface area contributed by atoms with Crippen LogP contribution in [0.3, 0.4) is 0 Å². The monoisotopic (exact) mass is 528 g/mol. The Bertz CT molecular complexity index is 1660. The zero-order chi connectivity index (χ0) is 26.6. The van der Waals surface area contributed by atoms with Crippen molar-refractivity contribution in [2.45, 2.75) is 13.5 Å². The van der Waals surface area contributed by atoms with Crippen LogP contribution in [-0.2, 0) is 6.61 Å². The number of rotatable bonds is 8. The Balaban J connectivity index is 1.30. The molecule has 1 N–H and O–H groups in total. The molecule has 0 saturated carbocycles. The van der Waals surface area contributed by atoms with Crippen LogP contribution in [0.2, 0.25) is 5.02 Å². The van der Waals surface area contributed by atoms with E-state index in [9.17, 15) is 14.9 Å². The average molecular weight is 529 g/mol. The summed E-state index contributed by atoms with van der Waals surface area (Å²) in [6.07, 6.45) is 0. The molecule has 8 nitrogen and oxygen atoms in total. The van der Waals surface area contributed by atoms with Crippen molar-refractivity contribution >= 4 is 39.7 Å². The number of furan rings is 1. The number of anilines is 1. The quantitative estimate of drug-likeness (QED) is 0.162. The first-order chi connectivity index (χ1) is 18.4. The second-order valence-electron chi connectivity index (χ2n) is 8.47. The van der Waals surface area contributed by atoms with Crippen molar-refractivity contribution in [3.63, 3.8) is 0 Å². The molecule has 0 radical (unpaired) electrons. The maximum Gasteiger partial charge on any atom is 0.291 e. The fourth-order valence-corrected chi connectivity index (χ4v) is 4.14. The summed E-state index contributed by atoms with van der Waals surface area (Å²) in [6, 6.07) is 25.8. The number of aryl methyl sites for hydroxylation is 1. The lowest BCUT2D eigenvalue weighted by Crippen LogP contribution is -2.11. The summed E-state index contributed by atoms with van der Waals surface area (Å²) in [7, 11) is 0.